The third-order valence-corrected chi connectivity index (χ3v) is 5.34. The van der Waals surface area contributed by atoms with E-state index in [-0.39, 0.29) is 18.0 Å². The van der Waals surface area contributed by atoms with E-state index in [9.17, 15) is 13.2 Å². The van der Waals surface area contributed by atoms with E-state index < -0.39 is 10.0 Å². The molecular formula is C16H22N2O3S. The number of nitrogens with zero attached hydrogens (tertiary/aromatic N) is 1. The summed E-state index contributed by atoms with van der Waals surface area (Å²) in [5.41, 5.74) is 2.16. The molecule has 1 aliphatic carbocycles. The Morgan fingerprint density at radius 3 is 2.77 bits per heavy atom. The largest absolute Gasteiger partial charge is 0.338 e. The maximum Gasteiger partial charge on any atom is 0.227 e. The second-order valence-electron chi connectivity index (χ2n) is 6.61. The molecule has 3 atom stereocenters. The number of likely N-dealkylation sites (tertiary alicyclic amines) is 1. The average molecular weight is 322 g/mol. The van der Waals surface area contributed by atoms with Gasteiger partial charge in [-0.1, -0.05) is 29.8 Å². The third kappa shape index (κ3) is 3.33. The predicted octanol–water partition coefficient (Wildman–Crippen LogP) is 1.08. The first-order chi connectivity index (χ1) is 10.3. The van der Waals surface area contributed by atoms with Crippen molar-refractivity contribution in [3.8, 4) is 0 Å². The molecule has 0 spiro atoms. The molecule has 3 rings (SSSR count). The molecule has 1 aliphatic heterocycles. The van der Waals surface area contributed by atoms with Crippen molar-refractivity contribution in [2.24, 2.45) is 5.92 Å². The van der Waals surface area contributed by atoms with E-state index >= 15 is 0 Å². The number of amides is 1. The molecule has 2 aliphatic rings. The number of nitrogens with one attached hydrogen (secondary N) is 1. The number of hydrogen-bond donors (Lipinski definition) is 1. The molecule has 120 valence electrons. The van der Waals surface area contributed by atoms with Crippen molar-refractivity contribution in [2.45, 2.75) is 38.3 Å². The van der Waals surface area contributed by atoms with Gasteiger partial charge in [-0.3, -0.25) is 4.79 Å². The van der Waals surface area contributed by atoms with E-state index in [0.717, 1.165) is 30.5 Å². The molecule has 1 heterocycles. The summed E-state index contributed by atoms with van der Waals surface area (Å²) in [5, 5.41) is 0. The van der Waals surface area contributed by atoms with Gasteiger partial charge in [-0.25, -0.2) is 13.1 Å². The SMILES string of the molecule is Cc1cccc(CC(=O)N2C[C@@H]3C[C@H](NS(C)(=O)=O)[C@H]2C3)c1. The summed E-state index contributed by atoms with van der Waals surface area (Å²) in [7, 11) is -3.23. The van der Waals surface area contributed by atoms with Crippen LogP contribution in [0.1, 0.15) is 24.0 Å². The minimum absolute atomic E-state index is 0.0111. The van der Waals surface area contributed by atoms with Gasteiger partial charge in [-0.2, -0.15) is 0 Å². The molecule has 1 aromatic carbocycles. The molecule has 1 N–H and O–H groups in total. The van der Waals surface area contributed by atoms with Crippen molar-refractivity contribution in [2.75, 3.05) is 12.8 Å². The monoisotopic (exact) mass is 322 g/mol. The molecule has 5 nitrogen and oxygen atoms in total. The first-order valence-corrected chi connectivity index (χ1v) is 9.53. The normalized spacial score (nSPS) is 27.4. The van der Waals surface area contributed by atoms with Crippen LogP contribution in [0, 0.1) is 12.8 Å². The Labute approximate surface area is 131 Å². The van der Waals surface area contributed by atoms with Gasteiger partial charge in [-0.15, -0.1) is 0 Å². The first-order valence-electron chi connectivity index (χ1n) is 7.64. The smallest absolute Gasteiger partial charge is 0.227 e. The van der Waals surface area contributed by atoms with Gasteiger partial charge in [-0.05, 0) is 31.2 Å². The van der Waals surface area contributed by atoms with Crippen LogP contribution in [0.4, 0.5) is 0 Å². The molecule has 1 aromatic rings. The maximum absolute atomic E-state index is 12.6. The number of hydrogen-bond acceptors (Lipinski definition) is 3. The molecule has 1 saturated heterocycles. The summed E-state index contributed by atoms with van der Waals surface area (Å²) in [4.78, 5) is 14.5. The average Bonchev–Trinajstić information content (AvgIpc) is 2.96. The minimum atomic E-state index is -3.23. The Morgan fingerprint density at radius 2 is 2.14 bits per heavy atom. The highest BCUT2D eigenvalue weighted by molar-refractivity contribution is 7.88. The van der Waals surface area contributed by atoms with Crippen molar-refractivity contribution in [3.63, 3.8) is 0 Å². The van der Waals surface area contributed by atoms with Gasteiger partial charge in [0.1, 0.15) is 0 Å². The van der Waals surface area contributed by atoms with Gasteiger partial charge in [0, 0.05) is 18.6 Å². The Bertz CT molecular complexity index is 686. The van der Waals surface area contributed by atoms with Gasteiger partial charge >= 0.3 is 0 Å². The molecule has 6 heteroatoms. The van der Waals surface area contributed by atoms with E-state index in [2.05, 4.69) is 4.72 Å². The molecule has 0 aromatic heterocycles. The Balaban J connectivity index is 1.69. The highest BCUT2D eigenvalue weighted by Crippen LogP contribution is 2.38. The Kier molecular flexibility index (Phi) is 3.99. The number of fused-ring (bicyclic) bond motifs is 2. The van der Waals surface area contributed by atoms with Crippen LogP contribution in [0.25, 0.3) is 0 Å². The van der Waals surface area contributed by atoms with Gasteiger partial charge < -0.3 is 4.90 Å². The fourth-order valence-electron chi connectivity index (χ4n) is 3.81. The Morgan fingerprint density at radius 1 is 1.36 bits per heavy atom. The summed E-state index contributed by atoms with van der Waals surface area (Å²) in [6.07, 6.45) is 3.31. The van der Waals surface area contributed by atoms with Gasteiger partial charge in [0.05, 0.1) is 12.7 Å². The van der Waals surface area contributed by atoms with Crippen LogP contribution >= 0.6 is 0 Å². The van der Waals surface area contributed by atoms with Crippen molar-refractivity contribution in [3.05, 3.63) is 35.4 Å². The lowest BCUT2D eigenvalue weighted by Crippen LogP contribution is -2.52. The van der Waals surface area contributed by atoms with E-state index in [1.54, 1.807) is 0 Å². The molecule has 2 bridgehead atoms. The molecule has 2 fully saturated rings. The van der Waals surface area contributed by atoms with Crippen LogP contribution in [-0.4, -0.2) is 44.1 Å². The molecule has 22 heavy (non-hydrogen) atoms. The lowest BCUT2D eigenvalue weighted by molar-refractivity contribution is -0.132. The van der Waals surface area contributed by atoms with Crippen LogP contribution in [-0.2, 0) is 21.2 Å². The van der Waals surface area contributed by atoms with Crippen LogP contribution < -0.4 is 4.72 Å². The number of piperidine rings is 1. The third-order valence-electron chi connectivity index (χ3n) is 4.61. The molecular weight excluding hydrogens is 300 g/mol. The standard InChI is InChI=1S/C16H22N2O3S/c1-11-4-3-5-12(6-11)9-16(19)18-10-13-7-14(15(18)8-13)17-22(2,20)21/h3-6,13-15,17H,7-10H2,1-2H3/t13-,14+,15-/m1/s1. The second-order valence-corrected chi connectivity index (χ2v) is 8.39. The Hall–Kier alpha value is -1.40. The lowest BCUT2D eigenvalue weighted by Gasteiger charge is -2.33. The summed E-state index contributed by atoms with van der Waals surface area (Å²) in [6.45, 7) is 2.77. The van der Waals surface area contributed by atoms with E-state index in [0.29, 0.717) is 12.3 Å². The zero-order valence-corrected chi connectivity index (χ0v) is 13.8. The van der Waals surface area contributed by atoms with Crippen LogP contribution in [0.5, 0.6) is 0 Å². The highest BCUT2D eigenvalue weighted by atomic mass is 32.2. The van der Waals surface area contributed by atoms with Crippen LogP contribution in [0.2, 0.25) is 0 Å². The number of carbonyl (C=O) groups is 1. The van der Waals surface area contributed by atoms with Crippen molar-refractivity contribution >= 4 is 15.9 Å². The summed E-state index contributed by atoms with van der Waals surface area (Å²) >= 11 is 0. The van der Waals surface area contributed by atoms with Gasteiger partial charge in [0.2, 0.25) is 15.9 Å². The second kappa shape index (κ2) is 5.66. The topological polar surface area (TPSA) is 66.5 Å². The minimum Gasteiger partial charge on any atom is -0.338 e. The zero-order chi connectivity index (χ0) is 15.9. The molecule has 1 saturated carbocycles. The fraction of sp³-hybridized carbons (Fsp3) is 0.562. The van der Waals surface area contributed by atoms with Crippen LogP contribution in [0.15, 0.2) is 24.3 Å². The predicted molar refractivity (Wildman–Crippen MR) is 84.9 cm³/mol. The summed E-state index contributed by atoms with van der Waals surface area (Å²) in [6, 6.07) is 7.84. The lowest BCUT2D eigenvalue weighted by atomic mass is 10.0. The number of aryl methyl sites for hydroxylation is 1. The number of carbonyl (C=O) groups excluding carboxylic acids is 1. The van der Waals surface area contributed by atoms with E-state index in [1.165, 1.54) is 6.26 Å². The summed E-state index contributed by atoms with van der Waals surface area (Å²) in [5.74, 6) is 0.517. The van der Waals surface area contributed by atoms with E-state index in [4.69, 9.17) is 0 Å². The molecule has 0 unspecified atom stereocenters. The first kappa shape index (κ1) is 15.5. The zero-order valence-electron chi connectivity index (χ0n) is 13.0. The van der Waals surface area contributed by atoms with Gasteiger partial charge in [0.15, 0.2) is 0 Å². The summed E-state index contributed by atoms with van der Waals surface area (Å²) < 4.78 is 25.6. The fourth-order valence-corrected chi connectivity index (χ4v) is 4.62. The number of benzene rings is 1. The number of sulfonamides is 1. The number of rotatable bonds is 4. The molecule has 0 radical (unpaired) electrons. The van der Waals surface area contributed by atoms with E-state index in [1.807, 2.05) is 36.1 Å². The quantitative estimate of drug-likeness (QED) is 0.902. The maximum atomic E-state index is 12.6. The van der Waals surface area contributed by atoms with Crippen molar-refractivity contribution in [1.29, 1.82) is 0 Å². The highest BCUT2D eigenvalue weighted by Gasteiger charge is 2.47. The van der Waals surface area contributed by atoms with Crippen molar-refractivity contribution < 1.29 is 13.2 Å². The van der Waals surface area contributed by atoms with Crippen LogP contribution in [0.3, 0.4) is 0 Å². The molecule has 1 amide bonds. The van der Waals surface area contributed by atoms with Gasteiger partial charge in [0.25, 0.3) is 0 Å². The van der Waals surface area contributed by atoms with Crippen molar-refractivity contribution in [1.82, 2.24) is 9.62 Å².